The minimum absolute atomic E-state index is 0.573. The average molecular weight is 212 g/mol. The van der Waals surface area contributed by atoms with Gasteiger partial charge in [0.25, 0.3) is 0 Å². The summed E-state index contributed by atoms with van der Waals surface area (Å²) in [6.45, 7) is 11.7. The Labute approximate surface area is 95.4 Å². The number of nitrogens with one attached hydrogen (secondary N) is 1. The summed E-state index contributed by atoms with van der Waals surface area (Å²) >= 11 is 0. The molecule has 0 bridgehead atoms. The van der Waals surface area contributed by atoms with Crippen LogP contribution < -0.4 is 5.32 Å². The lowest BCUT2D eigenvalue weighted by Crippen LogP contribution is -2.34. The molecule has 0 heterocycles. The van der Waals surface area contributed by atoms with Crippen LogP contribution in [0.5, 0.6) is 0 Å². The van der Waals surface area contributed by atoms with Crippen molar-refractivity contribution in [3.05, 3.63) is 0 Å². The third kappa shape index (κ3) is 4.12. The number of hydrogen-bond acceptors (Lipinski definition) is 2. The maximum absolute atomic E-state index is 3.61. The molecule has 0 aromatic rings. The lowest BCUT2D eigenvalue weighted by atomic mass is 9.82. The monoisotopic (exact) mass is 212 g/mol. The van der Waals surface area contributed by atoms with Gasteiger partial charge in [-0.2, -0.15) is 0 Å². The first-order valence-electron chi connectivity index (χ1n) is 6.45. The summed E-state index contributed by atoms with van der Waals surface area (Å²) in [5, 5.41) is 3.61. The van der Waals surface area contributed by atoms with Gasteiger partial charge in [-0.25, -0.2) is 0 Å². The molecule has 1 saturated carbocycles. The van der Waals surface area contributed by atoms with Crippen molar-refractivity contribution in [2.75, 3.05) is 33.2 Å². The molecule has 90 valence electrons. The zero-order valence-corrected chi connectivity index (χ0v) is 11.0. The van der Waals surface area contributed by atoms with Gasteiger partial charge in [0.1, 0.15) is 0 Å². The van der Waals surface area contributed by atoms with Gasteiger partial charge in [0.05, 0.1) is 0 Å². The number of rotatable bonds is 6. The van der Waals surface area contributed by atoms with Crippen molar-refractivity contribution in [3.63, 3.8) is 0 Å². The summed E-state index contributed by atoms with van der Waals surface area (Å²) in [6.07, 6.45) is 4.26. The van der Waals surface area contributed by atoms with Crippen LogP contribution in [-0.4, -0.2) is 38.1 Å². The van der Waals surface area contributed by atoms with Crippen LogP contribution in [0.1, 0.15) is 40.0 Å². The van der Waals surface area contributed by atoms with E-state index in [4.69, 9.17) is 0 Å². The Balaban J connectivity index is 2.10. The van der Waals surface area contributed by atoms with Crippen LogP contribution in [0, 0.1) is 11.3 Å². The predicted octanol–water partition coefficient (Wildman–Crippen LogP) is 2.35. The van der Waals surface area contributed by atoms with Gasteiger partial charge >= 0.3 is 0 Å². The van der Waals surface area contributed by atoms with E-state index in [1.54, 1.807) is 0 Å². The number of nitrogens with zero attached hydrogens (tertiary/aromatic N) is 1. The maximum Gasteiger partial charge on any atom is 0.0104 e. The van der Waals surface area contributed by atoms with Crippen molar-refractivity contribution in [2.45, 2.75) is 40.0 Å². The topological polar surface area (TPSA) is 15.3 Å². The Morgan fingerprint density at radius 1 is 1.40 bits per heavy atom. The molecule has 0 spiro atoms. The molecule has 0 radical (unpaired) electrons. The number of hydrogen-bond donors (Lipinski definition) is 1. The van der Waals surface area contributed by atoms with Crippen LogP contribution in [0.25, 0.3) is 0 Å². The third-order valence-corrected chi connectivity index (χ3v) is 4.08. The van der Waals surface area contributed by atoms with E-state index in [1.807, 2.05) is 0 Å². The second-order valence-corrected chi connectivity index (χ2v) is 5.68. The van der Waals surface area contributed by atoms with Crippen LogP contribution >= 0.6 is 0 Å². The van der Waals surface area contributed by atoms with E-state index in [-0.39, 0.29) is 0 Å². The Morgan fingerprint density at radius 3 is 2.67 bits per heavy atom. The fraction of sp³-hybridized carbons (Fsp3) is 1.00. The molecule has 1 fully saturated rings. The normalized spacial score (nSPS) is 25.0. The molecule has 0 aliphatic heterocycles. The summed E-state index contributed by atoms with van der Waals surface area (Å²) in [5.74, 6) is 0.893. The second kappa shape index (κ2) is 5.86. The molecule has 0 aromatic heterocycles. The maximum atomic E-state index is 3.61. The van der Waals surface area contributed by atoms with E-state index >= 15 is 0 Å². The molecule has 1 N–H and O–H groups in total. The Hall–Kier alpha value is -0.0800. The predicted molar refractivity (Wildman–Crippen MR) is 67.2 cm³/mol. The molecule has 0 saturated heterocycles. The van der Waals surface area contributed by atoms with Crippen molar-refractivity contribution in [1.29, 1.82) is 0 Å². The van der Waals surface area contributed by atoms with Gasteiger partial charge < -0.3 is 10.2 Å². The highest BCUT2D eigenvalue weighted by Crippen LogP contribution is 2.41. The van der Waals surface area contributed by atoms with Gasteiger partial charge in [-0.1, -0.05) is 27.2 Å². The van der Waals surface area contributed by atoms with Crippen molar-refractivity contribution in [1.82, 2.24) is 10.2 Å². The molecule has 2 nitrogen and oxygen atoms in total. The summed E-state index contributed by atoms with van der Waals surface area (Å²) < 4.78 is 0. The van der Waals surface area contributed by atoms with E-state index in [0.29, 0.717) is 5.41 Å². The van der Waals surface area contributed by atoms with Gasteiger partial charge in [-0.3, -0.25) is 0 Å². The SMILES string of the molecule is CCN(C)CCNCC1CCCC1(C)C. The molecular formula is C13H28N2. The molecule has 1 atom stereocenters. The molecular weight excluding hydrogens is 184 g/mol. The van der Waals surface area contributed by atoms with Gasteiger partial charge in [-0.05, 0) is 44.3 Å². The van der Waals surface area contributed by atoms with Crippen LogP contribution in [0.3, 0.4) is 0 Å². The Bertz CT molecular complexity index is 177. The molecule has 2 heteroatoms. The lowest BCUT2D eigenvalue weighted by Gasteiger charge is -2.27. The Kier molecular flexibility index (Phi) is 5.07. The van der Waals surface area contributed by atoms with Crippen LogP contribution in [-0.2, 0) is 0 Å². The molecule has 0 amide bonds. The van der Waals surface area contributed by atoms with Crippen molar-refractivity contribution >= 4 is 0 Å². The van der Waals surface area contributed by atoms with Gasteiger partial charge in [-0.15, -0.1) is 0 Å². The molecule has 0 aromatic carbocycles. The zero-order valence-electron chi connectivity index (χ0n) is 11.0. The largest absolute Gasteiger partial charge is 0.315 e. The van der Waals surface area contributed by atoms with Crippen molar-refractivity contribution in [2.24, 2.45) is 11.3 Å². The second-order valence-electron chi connectivity index (χ2n) is 5.68. The fourth-order valence-electron chi connectivity index (χ4n) is 2.48. The molecule has 1 aliphatic carbocycles. The first-order valence-corrected chi connectivity index (χ1v) is 6.45. The molecule has 1 unspecified atom stereocenters. The summed E-state index contributed by atoms with van der Waals surface area (Å²) in [4.78, 5) is 2.35. The zero-order chi connectivity index (χ0) is 11.3. The standard InChI is InChI=1S/C13H28N2/c1-5-15(4)10-9-14-11-12-7-6-8-13(12,2)3/h12,14H,5-11H2,1-4H3. The summed E-state index contributed by atoms with van der Waals surface area (Å²) in [6, 6.07) is 0. The minimum atomic E-state index is 0.573. The van der Waals surface area contributed by atoms with E-state index in [2.05, 4.69) is 38.0 Å². The highest BCUT2D eigenvalue weighted by atomic mass is 15.1. The Morgan fingerprint density at radius 2 is 2.13 bits per heavy atom. The molecule has 1 aliphatic rings. The third-order valence-electron chi connectivity index (χ3n) is 4.08. The van der Waals surface area contributed by atoms with E-state index in [9.17, 15) is 0 Å². The van der Waals surface area contributed by atoms with Crippen LogP contribution in [0.2, 0.25) is 0 Å². The fourth-order valence-corrected chi connectivity index (χ4v) is 2.48. The molecule has 15 heavy (non-hydrogen) atoms. The number of likely N-dealkylation sites (N-methyl/N-ethyl adjacent to an activating group) is 1. The van der Waals surface area contributed by atoms with E-state index in [0.717, 1.165) is 19.0 Å². The van der Waals surface area contributed by atoms with E-state index < -0.39 is 0 Å². The lowest BCUT2D eigenvalue weighted by molar-refractivity contribution is 0.247. The van der Waals surface area contributed by atoms with Gasteiger partial charge in [0, 0.05) is 13.1 Å². The quantitative estimate of drug-likeness (QED) is 0.680. The highest BCUT2D eigenvalue weighted by Gasteiger charge is 2.33. The first kappa shape index (κ1) is 13.0. The summed E-state index contributed by atoms with van der Waals surface area (Å²) in [5.41, 5.74) is 0.573. The van der Waals surface area contributed by atoms with Gasteiger partial charge in [0.2, 0.25) is 0 Å². The highest BCUT2D eigenvalue weighted by molar-refractivity contribution is 4.85. The van der Waals surface area contributed by atoms with Crippen molar-refractivity contribution < 1.29 is 0 Å². The van der Waals surface area contributed by atoms with Crippen LogP contribution in [0.15, 0.2) is 0 Å². The average Bonchev–Trinajstić information content (AvgIpc) is 2.52. The summed E-state index contributed by atoms with van der Waals surface area (Å²) in [7, 11) is 2.18. The van der Waals surface area contributed by atoms with Crippen LogP contribution in [0.4, 0.5) is 0 Å². The molecule has 1 rings (SSSR count). The van der Waals surface area contributed by atoms with E-state index in [1.165, 1.54) is 32.4 Å². The van der Waals surface area contributed by atoms with Crippen molar-refractivity contribution in [3.8, 4) is 0 Å². The minimum Gasteiger partial charge on any atom is -0.315 e. The smallest absolute Gasteiger partial charge is 0.0104 e. The van der Waals surface area contributed by atoms with Gasteiger partial charge in [0.15, 0.2) is 0 Å². The first-order chi connectivity index (χ1) is 7.06.